The summed E-state index contributed by atoms with van der Waals surface area (Å²) in [6.45, 7) is 0. The van der Waals surface area contributed by atoms with Crippen LogP contribution in [-0.4, -0.2) is 0 Å². The first-order valence-electron chi connectivity index (χ1n) is 2.73. The molecule has 0 aliphatic carbocycles. The summed E-state index contributed by atoms with van der Waals surface area (Å²) in [5.74, 6) is 0. The fraction of sp³-hybridized carbons (Fsp3) is 0. The molecule has 3 heteroatoms. The molecular weight excluding hydrogens is 144 g/mol. The molecule has 0 saturated heterocycles. The van der Waals surface area contributed by atoms with Crippen molar-refractivity contribution in [3.8, 4) is 6.07 Å². The summed E-state index contributed by atoms with van der Waals surface area (Å²) in [6, 6.07) is 5.66. The van der Waals surface area contributed by atoms with Crippen LogP contribution >= 0.6 is 11.3 Å². The van der Waals surface area contributed by atoms with Gasteiger partial charge in [0.1, 0.15) is 0 Å². The van der Waals surface area contributed by atoms with Gasteiger partial charge < -0.3 is 5.73 Å². The van der Waals surface area contributed by atoms with E-state index < -0.39 is 0 Å². The number of thiophene rings is 1. The fourth-order valence-corrected chi connectivity index (χ4v) is 1.24. The summed E-state index contributed by atoms with van der Waals surface area (Å²) in [6.07, 6.45) is 1.34. The fourth-order valence-electron chi connectivity index (χ4n) is 0.583. The van der Waals surface area contributed by atoms with Gasteiger partial charge in [0.05, 0.1) is 16.6 Å². The van der Waals surface area contributed by atoms with Gasteiger partial charge in [-0.15, -0.1) is 11.3 Å². The summed E-state index contributed by atoms with van der Waals surface area (Å²) in [5.41, 5.74) is 6.04. The number of rotatable bonds is 1. The maximum absolute atomic E-state index is 8.23. The summed E-state index contributed by atoms with van der Waals surface area (Å²) in [5, 5.41) is 10.2. The van der Waals surface area contributed by atoms with Crippen molar-refractivity contribution in [3.05, 3.63) is 28.5 Å². The second-order valence-corrected chi connectivity index (χ2v) is 2.65. The Morgan fingerprint density at radius 1 is 1.80 bits per heavy atom. The van der Waals surface area contributed by atoms with Crippen LogP contribution in [-0.2, 0) is 0 Å². The molecule has 2 nitrogen and oxygen atoms in total. The highest BCUT2D eigenvalue weighted by atomic mass is 32.1. The highest BCUT2D eigenvalue weighted by Gasteiger charge is 1.93. The Morgan fingerprint density at radius 3 is 3.10 bits per heavy atom. The van der Waals surface area contributed by atoms with Crippen LogP contribution in [0.3, 0.4) is 0 Å². The molecule has 50 valence electrons. The minimum absolute atomic E-state index is 0.539. The van der Waals surface area contributed by atoms with E-state index in [4.69, 9.17) is 11.0 Å². The highest BCUT2D eigenvalue weighted by Crippen LogP contribution is 2.14. The monoisotopic (exact) mass is 150 g/mol. The topological polar surface area (TPSA) is 49.8 Å². The lowest BCUT2D eigenvalue weighted by molar-refractivity contribution is 1.52. The second-order valence-electron chi connectivity index (χ2n) is 1.71. The van der Waals surface area contributed by atoms with Crippen LogP contribution in [0.15, 0.2) is 23.6 Å². The Balaban J connectivity index is 2.90. The zero-order valence-electron chi connectivity index (χ0n) is 5.24. The predicted octanol–water partition coefficient (Wildman–Crippen LogP) is 1.57. The van der Waals surface area contributed by atoms with Gasteiger partial charge in [0.15, 0.2) is 0 Å². The summed E-state index contributed by atoms with van der Waals surface area (Å²) < 4.78 is 0. The van der Waals surface area contributed by atoms with Crippen molar-refractivity contribution in [3.63, 3.8) is 0 Å². The normalized spacial score (nSPS) is 10.9. The zero-order chi connectivity index (χ0) is 7.40. The van der Waals surface area contributed by atoms with E-state index in [1.165, 1.54) is 17.4 Å². The molecule has 0 aliphatic rings. The average molecular weight is 150 g/mol. The van der Waals surface area contributed by atoms with E-state index in [0.717, 1.165) is 4.88 Å². The molecular formula is C7H6N2S. The molecule has 0 fully saturated rings. The second kappa shape index (κ2) is 3.04. The number of allylic oxidation sites excluding steroid dienone is 1. The van der Waals surface area contributed by atoms with Crippen molar-refractivity contribution in [2.45, 2.75) is 0 Å². The highest BCUT2D eigenvalue weighted by molar-refractivity contribution is 7.11. The number of nitriles is 1. The lowest BCUT2D eigenvalue weighted by Gasteiger charge is -1.89. The molecule has 2 N–H and O–H groups in total. The molecule has 1 aromatic heterocycles. The molecule has 0 aromatic carbocycles. The van der Waals surface area contributed by atoms with Crippen LogP contribution in [0, 0.1) is 11.3 Å². The molecule has 0 atom stereocenters. The van der Waals surface area contributed by atoms with Crippen molar-refractivity contribution >= 4 is 17.0 Å². The molecule has 0 unspecified atom stereocenters. The van der Waals surface area contributed by atoms with Gasteiger partial charge >= 0.3 is 0 Å². The standard InChI is InChI=1S/C7H6N2S/c8-4-3-6(9)7-2-1-5-10-7/h1-3,5H,9H2/b6-3-. The molecule has 10 heavy (non-hydrogen) atoms. The smallest absolute Gasteiger partial charge is 0.0934 e. The van der Waals surface area contributed by atoms with Gasteiger partial charge in [-0.05, 0) is 11.4 Å². The predicted molar refractivity (Wildman–Crippen MR) is 42.1 cm³/mol. The third kappa shape index (κ3) is 1.36. The van der Waals surface area contributed by atoms with E-state index in [0.29, 0.717) is 5.70 Å². The van der Waals surface area contributed by atoms with E-state index in [1.807, 2.05) is 23.6 Å². The van der Waals surface area contributed by atoms with Crippen LogP contribution in [0.25, 0.3) is 5.70 Å². The van der Waals surface area contributed by atoms with Crippen molar-refractivity contribution < 1.29 is 0 Å². The Hall–Kier alpha value is -1.27. The van der Waals surface area contributed by atoms with Gasteiger partial charge in [0.25, 0.3) is 0 Å². The van der Waals surface area contributed by atoms with E-state index in [9.17, 15) is 0 Å². The van der Waals surface area contributed by atoms with Gasteiger partial charge in [-0.3, -0.25) is 0 Å². The van der Waals surface area contributed by atoms with Crippen LogP contribution in [0.2, 0.25) is 0 Å². The Bertz CT molecular complexity index is 266. The zero-order valence-corrected chi connectivity index (χ0v) is 6.06. The quantitative estimate of drug-likeness (QED) is 0.618. The lowest BCUT2D eigenvalue weighted by atomic mass is 10.3. The number of hydrogen-bond donors (Lipinski definition) is 1. The van der Waals surface area contributed by atoms with E-state index in [1.54, 1.807) is 0 Å². The number of nitrogens with zero attached hydrogens (tertiary/aromatic N) is 1. The molecule has 0 radical (unpaired) electrons. The van der Waals surface area contributed by atoms with Gasteiger partial charge in [-0.2, -0.15) is 5.26 Å². The Kier molecular flexibility index (Phi) is 2.08. The van der Waals surface area contributed by atoms with Crippen molar-refractivity contribution in [1.29, 1.82) is 5.26 Å². The number of hydrogen-bond acceptors (Lipinski definition) is 3. The van der Waals surface area contributed by atoms with Crippen LogP contribution in [0.5, 0.6) is 0 Å². The minimum Gasteiger partial charge on any atom is -0.397 e. The van der Waals surface area contributed by atoms with Crippen molar-refractivity contribution in [2.75, 3.05) is 0 Å². The first-order valence-corrected chi connectivity index (χ1v) is 3.61. The van der Waals surface area contributed by atoms with Crippen molar-refractivity contribution in [2.24, 2.45) is 5.73 Å². The first kappa shape index (κ1) is 6.84. The maximum Gasteiger partial charge on any atom is 0.0934 e. The van der Waals surface area contributed by atoms with Gasteiger partial charge in [-0.25, -0.2) is 0 Å². The van der Waals surface area contributed by atoms with E-state index >= 15 is 0 Å². The van der Waals surface area contributed by atoms with Crippen LogP contribution in [0.4, 0.5) is 0 Å². The molecule has 1 aromatic rings. The Morgan fingerprint density at radius 2 is 2.60 bits per heavy atom. The summed E-state index contributed by atoms with van der Waals surface area (Å²) in [7, 11) is 0. The van der Waals surface area contributed by atoms with Crippen LogP contribution < -0.4 is 5.73 Å². The summed E-state index contributed by atoms with van der Waals surface area (Å²) in [4.78, 5) is 0.946. The SMILES string of the molecule is N#C/C=C(\N)c1cccs1. The third-order valence-electron chi connectivity index (χ3n) is 1.03. The molecule has 0 saturated carbocycles. The third-order valence-corrected chi connectivity index (χ3v) is 1.94. The summed E-state index contributed by atoms with van der Waals surface area (Å²) >= 11 is 1.53. The molecule has 0 aliphatic heterocycles. The lowest BCUT2D eigenvalue weighted by Crippen LogP contribution is -1.91. The minimum atomic E-state index is 0.539. The molecule has 1 heterocycles. The molecule has 0 spiro atoms. The van der Waals surface area contributed by atoms with Gasteiger partial charge in [0.2, 0.25) is 0 Å². The van der Waals surface area contributed by atoms with E-state index in [-0.39, 0.29) is 0 Å². The van der Waals surface area contributed by atoms with Gasteiger partial charge in [0, 0.05) is 6.08 Å². The molecule has 0 amide bonds. The Labute approximate surface area is 63.2 Å². The van der Waals surface area contributed by atoms with E-state index in [2.05, 4.69) is 0 Å². The average Bonchev–Trinajstić information content (AvgIpc) is 2.38. The van der Waals surface area contributed by atoms with Gasteiger partial charge in [-0.1, -0.05) is 6.07 Å². The largest absolute Gasteiger partial charge is 0.397 e. The maximum atomic E-state index is 8.23. The van der Waals surface area contributed by atoms with Crippen LogP contribution in [0.1, 0.15) is 4.88 Å². The number of nitrogens with two attached hydrogens (primary N) is 1. The molecule has 0 bridgehead atoms. The molecule has 1 rings (SSSR count). The first-order chi connectivity index (χ1) is 4.84. The van der Waals surface area contributed by atoms with Crippen molar-refractivity contribution in [1.82, 2.24) is 0 Å².